The number of hydrogen-bond donors (Lipinski definition) is 1. The van der Waals surface area contributed by atoms with Crippen LogP contribution in [0.2, 0.25) is 0 Å². The molecule has 7 nitrogen and oxygen atoms in total. The minimum atomic E-state index is -0.358. The molecule has 0 unspecified atom stereocenters. The second-order valence-electron chi connectivity index (χ2n) is 5.78. The lowest BCUT2D eigenvalue weighted by Gasteiger charge is -2.24. The minimum absolute atomic E-state index is 0.0236. The van der Waals surface area contributed by atoms with Crippen molar-refractivity contribution < 1.29 is 14.3 Å². The summed E-state index contributed by atoms with van der Waals surface area (Å²) in [5, 5.41) is 0. The lowest BCUT2D eigenvalue weighted by molar-refractivity contribution is -0.129. The Hall–Kier alpha value is -1.99. The number of aryl methyl sites for hydroxylation is 1. The largest absolute Gasteiger partial charge is 0.462 e. The first-order valence-corrected chi connectivity index (χ1v) is 8.14. The van der Waals surface area contributed by atoms with E-state index in [0.717, 1.165) is 17.8 Å². The average molecular weight is 336 g/mol. The SMILES string of the molecule is CCOC(=O)c1ccnc(C)c1CCN(CCN(C)C)C(=O)CN. The highest BCUT2D eigenvalue weighted by Gasteiger charge is 2.18. The predicted molar refractivity (Wildman–Crippen MR) is 92.8 cm³/mol. The molecule has 0 atom stereocenters. The van der Waals surface area contributed by atoms with Crippen LogP contribution in [-0.4, -0.2) is 73.5 Å². The summed E-state index contributed by atoms with van der Waals surface area (Å²) in [7, 11) is 3.91. The van der Waals surface area contributed by atoms with Crippen molar-refractivity contribution in [3.8, 4) is 0 Å². The summed E-state index contributed by atoms with van der Waals surface area (Å²) in [6.45, 7) is 5.76. The third-order valence-electron chi connectivity index (χ3n) is 3.74. The summed E-state index contributed by atoms with van der Waals surface area (Å²) in [4.78, 5) is 32.1. The van der Waals surface area contributed by atoms with Gasteiger partial charge in [-0.15, -0.1) is 0 Å². The van der Waals surface area contributed by atoms with Crippen LogP contribution in [0, 0.1) is 6.92 Å². The maximum Gasteiger partial charge on any atom is 0.338 e. The molecule has 7 heteroatoms. The van der Waals surface area contributed by atoms with E-state index in [1.807, 2.05) is 25.9 Å². The van der Waals surface area contributed by atoms with Gasteiger partial charge in [0.1, 0.15) is 0 Å². The van der Waals surface area contributed by atoms with Crippen molar-refractivity contribution in [1.29, 1.82) is 0 Å². The maximum absolute atomic E-state index is 12.1. The summed E-state index contributed by atoms with van der Waals surface area (Å²) in [6, 6.07) is 1.66. The van der Waals surface area contributed by atoms with Crippen LogP contribution in [0.1, 0.15) is 28.5 Å². The van der Waals surface area contributed by atoms with Crippen molar-refractivity contribution in [3.63, 3.8) is 0 Å². The van der Waals surface area contributed by atoms with E-state index in [2.05, 4.69) is 4.98 Å². The molecule has 134 valence electrons. The monoisotopic (exact) mass is 336 g/mol. The van der Waals surface area contributed by atoms with Crippen LogP contribution in [0.4, 0.5) is 0 Å². The molecule has 1 heterocycles. The van der Waals surface area contributed by atoms with Gasteiger partial charge in [-0.05, 0) is 46.0 Å². The predicted octanol–water partition coefficient (Wildman–Crippen LogP) is 0.458. The first-order chi connectivity index (χ1) is 11.4. The maximum atomic E-state index is 12.1. The van der Waals surface area contributed by atoms with Gasteiger partial charge >= 0.3 is 5.97 Å². The quantitative estimate of drug-likeness (QED) is 0.659. The highest BCUT2D eigenvalue weighted by Crippen LogP contribution is 2.15. The Morgan fingerprint density at radius 2 is 1.96 bits per heavy atom. The van der Waals surface area contributed by atoms with Crippen LogP contribution in [0.25, 0.3) is 0 Å². The third-order valence-corrected chi connectivity index (χ3v) is 3.74. The van der Waals surface area contributed by atoms with Gasteiger partial charge in [-0.1, -0.05) is 0 Å². The molecule has 24 heavy (non-hydrogen) atoms. The summed E-state index contributed by atoms with van der Waals surface area (Å²) < 4.78 is 5.10. The zero-order valence-electron chi connectivity index (χ0n) is 15.0. The minimum Gasteiger partial charge on any atom is -0.462 e. The molecule has 0 saturated carbocycles. The van der Waals surface area contributed by atoms with Crippen molar-refractivity contribution >= 4 is 11.9 Å². The molecule has 1 amide bonds. The van der Waals surface area contributed by atoms with Crippen LogP contribution < -0.4 is 5.73 Å². The molecule has 0 saturated heterocycles. The fourth-order valence-corrected chi connectivity index (χ4v) is 2.37. The summed E-state index contributed by atoms with van der Waals surface area (Å²) in [5.41, 5.74) is 7.60. The van der Waals surface area contributed by atoms with Gasteiger partial charge in [-0.2, -0.15) is 0 Å². The number of carbonyl (C=O) groups is 2. The molecular weight excluding hydrogens is 308 g/mol. The molecular formula is C17H28N4O3. The number of rotatable bonds is 9. The van der Waals surface area contributed by atoms with Crippen LogP contribution in [0.5, 0.6) is 0 Å². The Balaban J connectivity index is 2.89. The van der Waals surface area contributed by atoms with E-state index in [1.54, 1.807) is 24.1 Å². The smallest absolute Gasteiger partial charge is 0.338 e. The Morgan fingerprint density at radius 3 is 2.54 bits per heavy atom. The van der Waals surface area contributed by atoms with Crippen molar-refractivity contribution in [2.75, 3.05) is 46.9 Å². The zero-order chi connectivity index (χ0) is 18.1. The molecule has 0 aliphatic carbocycles. The van der Waals surface area contributed by atoms with Gasteiger partial charge in [0.2, 0.25) is 5.91 Å². The third kappa shape index (κ3) is 5.90. The van der Waals surface area contributed by atoms with E-state index in [-0.39, 0.29) is 18.4 Å². The number of hydrogen-bond acceptors (Lipinski definition) is 6. The molecule has 1 rings (SSSR count). The lowest BCUT2D eigenvalue weighted by atomic mass is 10.0. The van der Waals surface area contributed by atoms with Gasteiger partial charge in [-0.25, -0.2) is 4.79 Å². The number of carbonyl (C=O) groups excluding carboxylic acids is 2. The van der Waals surface area contributed by atoms with Crippen LogP contribution >= 0.6 is 0 Å². The molecule has 0 aliphatic rings. The number of nitrogens with zero attached hydrogens (tertiary/aromatic N) is 3. The number of nitrogens with two attached hydrogens (primary N) is 1. The van der Waals surface area contributed by atoms with Gasteiger partial charge in [0.15, 0.2) is 0 Å². The Kier molecular flexibility index (Phi) is 8.35. The van der Waals surface area contributed by atoms with Gasteiger partial charge in [0.25, 0.3) is 0 Å². The number of ether oxygens (including phenoxy) is 1. The molecule has 0 aromatic carbocycles. The number of likely N-dealkylation sites (N-methyl/N-ethyl adjacent to an activating group) is 1. The molecule has 0 bridgehead atoms. The van der Waals surface area contributed by atoms with Gasteiger partial charge in [0.05, 0.1) is 18.7 Å². The summed E-state index contributed by atoms with van der Waals surface area (Å²) >= 11 is 0. The second kappa shape index (κ2) is 10.00. The Morgan fingerprint density at radius 1 is 1.25 bits per heavy atom. The first kappa shape index (κ1) is 20.1. The fraction of sp³-hybridized carbons (Fsp3) is 0.588. The van der Waals surface area contributed by atoms with Gasteiger partial charge in [0, 0.05) is 31.5 Å². The normalized spacial score (nSPS) is 10.8. The molecule has 1 aromatic heterocycles. The van der Waals surface area contributed by atoms with Gasteiger partial charge in [-0.3, -0.25) is 9.78 Å². The second-order valence-corrected chi connectivity index (χ2v) is 5.78. The van der Waals surface area contributed by atoms with E-state index in [9.17, 15) is 9.59 Å². The number of pyridine rings is 1. The molecule has 2 N–H and O–H groups in total. The molecule has 0 spiro atoms. The van der Waals surface area contributed by atoms with Crippen molar-refractivity contribution in [2.45, 2.75) is 20.3 Å². The van der Waals surface area contributed by atoms with Crippen LogP contribution in [-0.2, 0) is 16.0 Å². The molecule has 0 aliphatic heterocycles. The highest BCUT2D eigenvalue weighted by molar-refractivity contribution is 5.91. The lowest BCUT2D eigenvalue weighted by Crippen LogP contribution is -2.41. The van der Waals surface area contributed by atoms with Crippen LogP contribution in [0.3, 0.4) is 0 Å². The molecule has 0 radical (unpaired) electrons. The van der Waals surface area contributed by atoms with E-state index in [0.29, 0.717) is 31.7 Å². The van der Waals surface area contributed by atoms with Crippen LogP contribution in [0.15, 0.2) is 12.3 Å². The van der Waals surface area contributed by atoms with E-state index >= 15 is 0 Å². The molecule has 0 fully saturated rings. The van der Waals surface area contributed by atoms with Crippen molar-refractivity contribution in [2.24, 2.45) is 5.73 Å². The topological polar surface area (TPSA) is 88.8 Å². The average Bonchev–Trinajstić information content (AvgIpc) is 2.55. The van der Waals surface area contributed by atoms with E-state index < -0.39 is 0 Å². The van der Waals surface area contributed by atoms with E-state index in [4.69, 9.17) is 10.5 Å². The van der Waals surface area contributed by atoms with Crippen molar-refractivity contribution in [3.05, 3.63) is 29.1 Å². The van der Waals surface area contributed by atoms with Gasteiger partial charge < -0.3 is 20.3 Å². The van der Waals surface area contributed by atoms with Crippen molar-refractivity contribution in [1.82, 2.24) is 14.8 Å². The zero-order valence-corrected chi connectivity index (χ0v) is 15.0. The highest BCUT2D eigenvalue weighted by atomic mass is 16.5. The van der Waals surface area contributed by atoms with E-state index in [1.165, 1.54) is 0 Å². The molecule has 1 aromatic rings. The first-order valence-electron chi connectivity index (χ1n) is 8.14. The summed E-state index contributed by atoms with van der Waals surface area (Å²) in [6.07, 6.45) is 2.13. The number of aromatic nitrogens is 1. The summed E-state index contributed by atoms with van der Waals surface area (Å²) in [5.74, 6) is -0.459. The Labute approximate surface area is 143 Å². The Bertz CT molecular complexity index is 561. The standard InChI is InChI=1S/C17H28N4O3/c1-5-24-17(23)15-6-8-19-13(2)14(15)7-9-21(16(22)12-18)11-10-20(3)4/h6,8H,5,7,9-12,18H2,1-4H3. The number of esters is 1. The number of amides is 1. The fourth-order valence-electron chi connectivity index (χ4n) is 2.37.